The molecule has 202 valence electrons. The molecule has 38 heavy (non-hydrogen) atoms. The molecule has 0 saturated carbocycles. The highest BCUT2D eigenvalue weighted by Crippen LogP contribution is 2.40. The lowest BCUT2D eigenvalue weighted by Crippen LogP contribution is -2.42. The van der Waals surface area contributed by atoms with E-state index < -0.39 is 35.3 Å². The molecule has 2 saturated heterocycles. The molecule has 4 rings (SSSR count). The summed E-state index contributed by atoms with van der Waals surface area (Å²) in [5.41, 5.74) is 0.700. The van der Waals surface area contributed by atoms with Crippen molar-refractivity contribution in [3.8, 4) is 5.75 Å². The highest BCUT2D eigenvalue weighted by Gasteiger charge is 2.46. The van der Waals surface area contributed by atoms with Gasteiger partial charge in [-0.05, 0) is 49.7 Å². The maximum absolute atomic E-state index is 14.7. The number of hydrogen-bond acceptors (Lipinski definition) is 8. The molecule has 0 bridgehead atoms. The maximum atomic E-state index is 14.7. The number of aliphatic hydroxyl groups is 1. The maximum Gasteiger partial charge on any atom is 0.337 e. The smallest absolute Gasteiger partial charge is 0.337 e. The molecule has 0 radical (unpaired) electrons. The Morgan fingerprint density at radius 3 is 2.34 bits per heavy atom. The number of morpholine rings is 1. The first-order chi connectivity index (χ1) is 18.2. The molecule has 9 nitrogen and oxygen atoms in total. The summed E-state index contributed by atoms with van der Waals surface area (Å²) in [7, 11) is 1.27. The molecule has 2 fully saturated rings. The number of ketones is 1. The van der Waals surface area contributed by atoms with Gasteiger partial charge in [0.15, 0.2) is 11.6 Å². The Morgan fingerprint density at radius 1 is 1.08 bits per heavy atom. The zero-order valence-corrected chi connectivity index (χ0v) is 21.6. The number of nitrogens with zero attached hydrogens (tertiary/aromatic N) is 2. The summed E-state index contributed by atoms with van der Waals surface area (Å²) in [5.74, 6) is -3.34. The number of halogens is 1. The topological polar surface area (TPSA) is 106 Å². The predicted octanol–water partition coefficient (Wildman–Crippen LogP) is 3.15. The van der Waals surface area contributed by atoms with Crippen molar-refractivity contribution in [1.29, 1.82) is 0 Å². The number of carbonyl (C=O) groups is 3. The van der Waals surface area contributed by atoms with E-state index in [1.54, 1.807) is 26.0 Å². The predicted molar refractivity (Wildman–Crippen MR) is 136 cm³/mol. The van der Waals surface area contributed by atoms with Gasteiger partial charge in [-0.2, -0.15) is 0 Å². The lowest BCUT2D eigenvalue weighted by molar-refractivity contribution is -0.140. The van der Waals surface area contributed by atoms with Crippen molar-refractivity contribution in [2.75, 3.05) is 46.5 Å². The van der Waals surface area contributed by atoms with Gasteiger partial charge in [-0.1, -0.05) is 12.1 Å². The summed E-state index contributed by atoms with van der Waals surface area (Å²) >= 11 is 0. The van der Waals surface area contributed by atoms with E-state index in [2.05, 4.69) is 4.90 Å². The molecule has 10 heteroatoms. The van der Waals surface area contributed by atoms with Crippen LogP contribution >= 0.6 is 0 Å². The number of carbonyl (C=O) groups excluding carboxylic acids is 3. The van der Waals surface area contributed by atoms with Crippen molar-refractivity contribution < 1.29 is 38.1 Å². The number of rotatable bonds is 8. The van der Waals surface area contributed by atoms with Crippen LogP contribution in [-0.4, -0.2) is 85.2 Å². The van der Waals surface area contributed by atoms with Crippen LogP contribution in [0.5, 0.6) is 5.75 Å². The molecule has 2 aromatic rings. The summed E-state index contributed by atoms with van der Waals surface area (Å²) in [5, 5.41) is 11.2. The third-order valence-corrected chi connectivity index (χ3v) is 6.52. The zero-order chi connectivity index (χ0) is 27.4. The second-order valence-electron chi connectivity index (χ2n) is 9.37. The van der Waals surface area contributed by atoms with Gasteiger partial charge >= 0.3 is 5.97 Å². The molecule has 0 aliphatic carbocycles. The molecule has 2 heterocycles. The molecule has 0 unspecified atom stereocenters. The summed E-state index contributed by atoms with van der Waals surface area (Å²) in [4.78, 5) is 41.9. The van der Waals surface area contributed by atoms with Crippen molar-refractivity contribution in [3.63, 3.8) is 0 Å². The third kappa shape index (κ3) is 5.71. The van der Waals surface area contributed by atoms with Gasteiger partial charge < -0.3 is 24.2 Å². The number of Topliss-reactive ketones (excluding diaryl/α,β-unsaturated/α-hetero) is 1. The fourth-order valence-corrected chi connectivity index (χ4v) is 4.60. The van der Waals surface area contributed by atoms with Crippen LogP contribution in [0, 0.1) is 5.82 Å². The van der Waals surface area contributed by atoms with Gasteiger partial charge in [0, 0.05) is 31.7 Å². The van der Waals surface area contributed by atoms with E-state index in [0.717, 1.165) is 6.07 Å². The van der Waals surface area contributed by atoms with Crippen molar-refractivity contribution in [3.05, 3.63) is 70.5 Å². The van der Waals surface area contributed by atoms with Crippen LogP contribution < -0.4 is 4.74 Å². The molecule has 2 aliphatic heterocycles. The Bertz CT molecular complexity index is 1240. The Labute approximate surface area is 220 Å². The SMILES string of the molecule is COC(=O)c1ccc([C@@H]2C(=C(O)c3ccc(OC(C)C)c(F)c3)C(=O)C(=O)N2CCN2CCOCC2)cc1. The van der Waals surface area contributed by atoms with Crippen molar-refractivity contribution in [1.82, 2.24) is 9.80 Å². The van der Waals surface area contributed by atoms with Gasteiger partial charge in [0.1, 0.15) is 5.76 Å². The van der Waals surface area contributed by atoms with Crippen LogP contribution in [-0.2, 0) is 19.1 Å². The lowest BCUT2D eigenvalue weighted by atomic mass is 9.94. The Hall–Kier alpha value is -3.76. The molecular weight excluding hydrogens is 495 g/mol. The molecule has 2 aliphatic rings. The fraction of sp³-hybridized carbons (Fsp3) is 0.393. The van der Waals surface area contributed by atoms with Crippen molar-refractivity contribution >= 4 is 23.4 Å². The van der Waals surface area contributed by atoms with Crippen LogP contribution in [0.3, 0.4) is 0 Å². The van der Waals surface area contributed by atoms with Crippen LogP contribution in [0.4, 0.5) is 4.39 Å². The molecule has 1 amide bonds. The molecule has 1 N–H and O–H groups in total. The van der Waals surface area contributed by atoms with E-state index in [0.29, 0.717) is 44.0 Å². The Balaban J connectivity index is 1.74. The van der Waals surface area contributed by atoms with Crippen LogP contribution in [0.1, 0.15) is 41.4 Å². The average Bonchev–Trinajstić information content (AvgIpc) is 3.17. The second kappa shape index (κ2) is 11.7. The van der Waals surface area contributed by atoms with Gasteiger partial charge in [-0.15, -0.1) is 0 Å². The number of amides is 1. The number of methoxy groups -OCH3 is 1. The summed E-state index contributed by atoms with van der Waals surface area (Å²) in [6, 6.07) is 9.23. The largest absolute Gasteiger partial charge is 0.507 e. The molecule has 2 aromatic carbocycles. The van der Waals surface area contributed by atoms with E-state index in [9.17, 15) is 23.9 Å². The van der Waals surface area contributed by atoms with Crippen LogP contribution in [0.15, 0.2) is 48.0 Å². The minimum absolute atomic E-state index is 0.0115. The zero-order valence-electron chi connectivity index (χ0n) is 21.6. The fourth-order valence-electron chi connectivity index (χ4n) is 4.60. The minimum Gasteiger partial charge on any atom is -0.507 e. The lowest BCUT2D eigenvalue weighted by Gasteiger charge is -2.31. The molecule has 0 spiro atoms. The molecular formula is C28H31FN2O7. The number of hydrogen-bond donors (Lipinski definition) is 1. The van der Waals surface area contributed by atoms with Crippen molar-refractivity contribution in [2.24, 2.45) is 0 Å². The van der Waals surface area contributed by atoms with Gasteiger partial charge in [0.05, 0.1) is 43.6 Å². The highest BCUT2D eigenvalue weighted by atomic mass is 19.1. The second-order valence-corrected chi connectivity index (χ2v) is 9.37. The number of aliphatic hydroxyl groups excluding tert-OH is 1. The highest BCUT2D eigenvalue weighted by molar-refractivity contribution is 6.46. The molecule has 1 atom stereocenters. The average molecular weight is 527 g/mol. The first kappa shape index (κ1) is 27.3. The minimum atomic E-state index is -0.933. The Kier molecular flexibility index (Phi) is 8.43. The van der Waals surface area contributed by atoms with Crippen molar-refractivity contribution in [2.45, 2.75) is 26.0 Å². The standard InChI is InChI=1S/C28H31FN2O7/c1-17(2)38-22-9-8-20(16-21(22)29)25(32)23-24(18-4-6-19(7-5-18)28(35)36-3)31(27(34)26(23)33)11-10-30-12-14-37-15-13-30/h4-9,16-17,24,32H,10-15H2,1-3H3/t24-/m1/s1. The summed E-state index contributed by atoms with van der Waals surface area (Å²) in [6.07, 6.45) is -0.256. The molecule has 0 aromatic heterocycles. The van der Waals surface area contributed by atoms with E-state index in [-0.39, 0.29) is 29.5 Å². The van der Waals surface area contributed by atoms with Gasteiger partial charge in [-0.25, -0.2) is 9.18 Å². The van der Waals surface area contributed by atoms with Gasteiger partial charge in [0.25, 0.3) is 11.7 Å². The third-order valence-electron chi connectivity index (χ3n) is 6.52. The van der Waals surface area contributed by atoms with E-state index in [1.165, 1.54) is 36.3 Å². The first-order valence-electron chi connectivity index (χ1n) is 12.4. The summed E-state index contributed by atoms with van der Waals surface area (Å²) in [6.45, 7) is 6.81. The normalized spacial score (nSPS) is 19.7. The van der Waals surface area contributed by atoms with E-state index in [1.807, 2.05) is 0 Å². The monoisotopic (exact) mass is 526 g/mol. The van der Waals surface area contributed by atoms with Crippen LogP contribution in [0.25, 0.3) is 5.76 Å². The van der Waals surface area contributed by atoms with E-state index in [4.69, 9.17) is 14.2 Å². The number of ether oxygens (including phenoxy) is 3. The number of esters is 1. The van der Waals surface area contributed by atoms with Crippen LogP contribution in [0.2, 0.25) is 0 Å². The van der Waals surface area contributed by atoms with E-state index >= 15 is 0 Å². The van der Waals surface area contributed by atoms with Gasteiger partial charge in [-0.3, -0.25) is 14.5 Å². The number of likely N-dealkylation sites (tertiary alicyclic amines) is 1. The quantitative estimate of drug-likeness (QED) is 0.242. The Morgan fingerprint density at radius 2 is 1.74 bits per heavy atom. The first-order valence-corrected chi connectivity index (χ1v) is 12.4. The number of benzene rings is 2. The summed E-state index contributed by atoms with van der Waals surface area (Å²) < 4.78 is 30.3. The van der Waals surface area contributed by atoms with Gasteiger partial charge in [0.2, 0.25) is 0 Å².